The fourth-order valence-corrected chi connectivity index (χ4v) is 1.12. The summed E-state index contributed by atoms with van der Waals surface area (Å²) in [4.78, 5) is 3.95. The highest BCUT2D eigenvalue weighted by molar-refractivity contribution is 7.71. The van der Waals surface area contributed by atoms with Gasteiger partial charge in [0.25, 0.3) is 0 Å². The van der Waals surface area contributed by atoms with Gasteiger partial charge < -0.3 is 4.42 Å². The lowest BCUT2D eigenvalue weighted by Gasteiger charge is -1.85. The molecule has 2 rings (SSSR count). The summed E-state index contributed by atoms with van der Waals surface area (Å²) in [6.45, 7) is 0. The van der Waals surface area contributed by atoms with Crippen molar-refractivity contribution >= 4 is 23.8 Å². The van der Waals surface area contributed by atoms with E-state index in [0.717, 1.165) is 0 Å². The first kappa shape index (κ1) is 7.57. The predicted octanol–water partition coefficient (Wildman–Crippen LogP) is 2.38. The number of aromatic amines is 2. The van der Waals surface area contributed by atoms with Gasteiger partial charge in [-0.3, -0.25) is 10.2 Å². The maximum atomic E-state index is 5.57. The summed E-state index contributed by atoms with van der Waals surface area (Å²) in [6.07, 6.45) is 0. The van der Waals surface area contributed by atoms with Gasteiger partial charge in [-0.15, -0.1) is 0 Å². The molecule has 12 heavy (non-hydrogen) atoms. The summed E-state index contributed by atoms with van der Waals surface area (Å²) in [5, 5.41) is 5.72. The van der Waals surface area contributed by atoms with Crippen molar-refractivity contribution in [3.8, 4) is 11.6 Å². The van der Waals surface area contributed by atoms with Gasteiger partial charge >= 0.3 is 0 Å². The van der Waals surface area contributed by atoms with Gasteiger partial charge in [-0.1, -0.05) is 0 Å². The molecule has 4 nitrogen and oxygen atoms in total. The van der Waals surface area contributed by atoms with Gasteiger partial charge in [-0.2, -0.15) is 4.98 Å². The lowest BCUT2D eigenvalue weighted by atomic mass is 10.4. The molecular weight excluding hydrogens is 198 g/mol. The van der Waals surface area contributed by atoms with Crippen LogP contribution in [0.5, 0.6) is 0 Å². The standard InChI is InChI=1S/C6H4ClN3OS/c7-4-2-1-3(11-4)5-8-6(12)10-9-5/h1-2H,(H2,8,9,10,12). The highest BCUT2D eigenvalue weighted by atomic mass is 35.5. The van der Waals surface area contributed by atoms with Gasteiger partial charge in [-0.25, -0.2) is 0 Å². The minimum absolute atomic E-state index is 0.326. The van der Waals surface area contributed by atoms with Crippen molar-refractivity contribution in [2.75, 3.05) is 0 Å². The Bertz CT molecular complexity index is 443. The molecule has 0 aliphatic carbocycles. The molecular formula is C6H4ClN3OS. The minimum atomic E-state index is 0.326. The van der Waals surface area contributed by atoms with E-state index in [-0.39, 0.29) is 0 Å². The maximum absolute atomic E-state index is 5.57. The monoisotopic (exact) mass is 201 g/mol. The Hall–Kier alpha value is -1.07. The zero-order valence-corrected chi connectivity index (χ0v) is 7.37. The number of halogens is 1. The molecule has 0 unspecified atom stereocenters. The van der Waals surface area contributed by atoms with Crippen molar-refractivity contribution in [1.82, 2.24) is 15.2 Å². The molecule has 2 aromatic heterocycles. The van der Waals surface area contributed by atoms with Gasteiger partial charge in [0.1, 0.15) is 0 Å². The van der Waals surface area contributed by atoms with Crippen molar-refractivity contribution in [3.63, 3.8) is 0 Å². The zero-order chi connectivity index (χ0) is 8.55. The molecule has 0 saturated carbocycles. The molecule has 0 radical (unpaired) electrons. The van der Waals surface area contributed by atoms with Crippen molar-refractivity contribution < 1.29 is 4.42 Å². The van der Waals surface area contributed by atoms with Gasteiger partial charge in [0, 0.05) is 0 Å². The van der Waals surface area contributed by atoms with Crippen molar-refractivity contribution in [1.29, 1.82) is 0 Å². The van der Waals surface area contributed by atoms with Crippen LogP contribution in [0.4, 0.5) is 0 Å². The summed E-state index contributed by atoms with van der Waals surface area (Å²) in [5.41, 5.74) is 0. The van der Waals surface area contributed by atoms with Crippen LogP contribution in [-0.4, -0.2) is 15.2 Å². The van der Waals surface area contributed by atoms with Crippen molar-refractivity contribution in [2.24, 2.45) is 0 Å². The van der Waals surface area contributed by atoms with E-state index in [4.69, 9.17) is 28.2 Å². The first-order valence-electron chi connectivity index (χ1n) is 3.16. The van der Waals surface area contributed by atoms with Gasteiger partial charge in [-0.05, 0) is 36.0 Å². The molecule has 0 bridgehead atoms. The number of nitrogens with zero attached hydrogens (tertiary/aromatic N) is 1. The largest absolute Gasteiger partial charge is 0.441 e. The molecule has 0 spiro atoms. The van der Waals surface area contributed by atoms with Gasteiger partial charge in [0.2, 0.25) is 4.77 Å². The van der Waals surface area contributed by atoms with E-state index in [2.05, 4.69) is 15.2 Å². The van der Waals surface area contributed by atoms with E-state index >= 15 is 0 Å². The third-order valence-electron chi connectivity index (χ3n) is 1.31. The molecule has 6 heteroatoms. The molecule has 0 aliphatic rings. The first-order valence-corrected chi connectivity index (χ1v) is 3.95. The Morgan fingerprint density at radius 1 is 1.42 bits per heavy atom. The second-order valence-electron chi connectivity index (χ2n) is 2.12. The summed E-state index contributed by atoms with van der Waals surface area (Å²) in [7, 11) is 0. The normalized spacial score (nSPS) is 10.4. The summed E-state index contributed by atoms with van der Waals surface area (Å²) >= 11 is 10.3. The zero-order valence-electron chi connectivity index (χ0n) is 5.80. The number of H-pyrrole nitrogens is 2. The Morgan fingerprint density at radius 2 is 2.25 bits per heavy atom. The van der Waals surface area contributed by atoms with Crippen LogP contribution in [0.1, 0.15) is 0 Å². The van der Waals surface area contributed by atoms with Crippen LogP contribution in [0.3, 0.4) is 0 Å². The molecule has 2 aromatic rings. The number of hydrogen-bond donors (Lipinski definition) is 2. The van der Waals surface area contributed by atoms with Crippen molar-refractivity contribution in [3.05, 3.63) is 22.1 Å². The highest BCUT2D eigenvalue weighted by Crippen LogP contribution is 2.20. The van der Waals surface area contributed by atoms with Crippen LogP contribution in [0.15, 0.2) is 16.5 Å². The van der Waals surface area contributed by atoms with E-state index in [0.29, 0.717) is 21.6 Å². The Morgan fingerprint density at radius 3 is 2.75 bits per heavy atom. The fraction of sp³-hybridized carbons (Fsp3) is 0. The minimum Gasteiger partial charge on any atom is -0.441 e. The molecule has 0 amide bonds. The molecule has 0 aliphatic heterocycles. The molecule has 0 saturated heterocycles. The second-order valence-corrected chi connectivity index (χ2v) is 2.88. The molecule has 0 atom stereocenters. The van der Waals surface area contributed by atoms with Crippen LogP contribution in [-0.2, 0) is 0 Å². The number of hydrogen-bond acceptors (Lipinski definition) is 3. The molecule has 0 fully saturated rings. The van der Waals surface area contributed by atoms with Crippen molar-refractivity contribution in [2.45, 2.75) is 0 Å². The smallest absolute Gasteiger partial charge is 0.213 e. The summed E-state index contributed by atoms with van der Waals surface area (Å²) in [5.74, 6) is 1.11. The molecule has 0 aromatic carbocycles. The number of aromatic nitrogens is 3. The van der Waals surface area contributed by atoms with Gasteiger partial charge in [0.15, 0.2) is 16.8 Å². The predicted molar refractivity (Wildman–Crippen MR) is 46.5 cm³/mol. The van der Waals surface area contributed by atoms with Crippen LogP contribution in [0.2, 0.25) is 5.22 Å². The van der Waals surface area contributed by atoms with Crippen LogP contribution in [0, 0.1) is 4.77 Å². The maximum Gasteiger partial charge on any atom is 0.213 e. The van der Waals surface area contributed by atoms with Gasteiger partial charge in [0.05, 0.1) is 0 Å². The first-order chi connectivity index (χ1) is 5.75. The second kappa shape index (κ2) is 2.76. The molecule has 62 valence electrons. The molecule has 2 N–H and O–H groups in total. The average Bonchev–Trinajstić information content (AvgIpc) is 2.58. The quantitative estimate of drug-likeness (QED) is 0.697. The summed E-state index contributed by atoms with van der Waals surface area (Å²) in [6, 6.07) is 3.35. The Labute approximate surface area is 77.6 Å². The van der Waals surface area contributed by atoms with Crippen LogP contribution < -0.4 is 0 Å². The Kier molecular flexibility index (Phi) is 1.74. The topological polar surface area (TPSA) is 57.6 Å². The number of rotatable bonds is 1. The van der Waals surface area contributed by atoms with Crippen LogP contribution in [0.25, 0.3) is 11.6 Å². The number of nitrogens with one attached hydrogen (secondary N) is 2. The third kappa shape index (κ3) is 1.28. The highest BCUT2D eigenvalue weighted by Gasteiger charge is 2.05. The average molecular weight is 202 g/mol. The van der Waals surface area contributed by atoms with E-state index in [1.165, 1.54) is 0 Å². The SMILES string of the molecule is S=c1nc(-c2ccc(Cl)o2)[nH][nH]1. The van der Waals surface area contributed by atoms with E-state index < -0.39 is 0 Å². The van der Waals surface area contributed by atoms with E-state index in [9.17, 15) is 0 Å². The summed E-state index contributed by atoms with van der Waals surface area (Å²) < 4.78 is 5.47. The lowest BCUT2D eigenvalue weighted by Crippen LogP contribution is -1.74. The lowest BCUT2D eigenvalue weighted by molar-refractivity contribution is 0.579. The van der Waals surface area contributed by atoms with Crippen LogP contribution >= 0.6 is 23.8 Å². The fourth-order valence-electron chi connectivity index (χ4n) is 0.828. The van der Waals surface area contributed by atoms with E-state index in [1.54, 1.807) is 12.1 Å². The molecule has 2 heterocycles. The third-order valence-corrected chi connectivity index (χ3v) is 1.70. The van der Waals surface area contributed by atoms with E-state index in [1.807, 2.05) is 0 Å². The Balaban J connectivity index is 2.50. The number of furan rings is 1.